The first-order chi connectivity index (χ1) is 10.1. The first-order valence-corrected chi connectivity index (χ1v) is 7.46. The van der Waals surface area contributed by atoms with Gasteiger partial charge in [0.15, 0.2) is 0 Å². The van der Waals surface area contributed by atoms with E-state index in [1.807, 2.05) is 9.71 Å². The van der Waals surface area contributed by atoms with Crippen LogP contribution in [0.15, 0.2) is 26.7 Å². The maximum absolute atomic E-state index is 12.1. The number of rotatable bonds is 4. The third kappa shape index (κ3) is 2.76. The fourth-order valence-electron chi connectivity index (χ4n) is 1.72. The van der Waals surface area contributed by atoms with Gasteiger partial charge in [0.05, 0.1) is 5.39 Å². The highest BCUT2D eigenvalue weighted by molar-refractivity contribution is 7.89. The van der Waals surface area contributed by atoms with Gasteiger partial charge in [-0.05, 0) is 13.0 Å². The van der Waals surface area contributed by atoms with E-state index >= 15 is 0 Å². The van der Waals surface area contributed by atoms with Crippen molar-refractivity contribution in [3.05, 3.63) is 33.1 Å². The Morgan fingerprint density at radius 2 is 2.09 bits per heavy atom. The van der Waals surface area contributed by atoms with Crippen LogP contribution in [0.4, 0.5) is 0 Å². The van der Waals surface area contributed by atoms with Gasteiger partial charge < -0.3 is 5.11 Å². The zero-order chi connectivity index (χ0) is 16.7. The number of hydrogen-bond donors (Lipinski definition) is 3. The predicted molar refractivity (Wildman–Crippen MR) is 75.0 cm³/mol. The van der Waals surface area contributed by atoms with Crippen LogP contribution in [0.2, 0.25) is 0 Å². The van der Waals surface area contributed by atoms with E-state index in [4.69, 9.17) is 5.11 Å². The summed E-state index contributed by atoms with van der Waals surface area (Å²) in [6.45, 7) is 1.16. The molecule has 118 valence electrons. The van der Waals surface area contributed by atoms with Gasteiger partial charge in [-0.15, -0.1) is 0 Å². The van der Waals surface area contributed by atoms with E-state index in [0.717, 1.165) is 23.8 Å². The Kier molecular flexibility index (Phi) is 3.85. The topological polar surface area (TPSA) is 151 Å². The molecule has 10 nitrogen and oxygen atoms in total. The third-order valence-corrected chi connectivity index (χ3v) is 4.45. The maximum atomic E-state index is 12.1. The van der Waals surface area contributed by atoms with Crippen LogP contribution in [-0.2, 0) is 21.9 Å². The van der Waals surface area contributed by atoms with Crippen molar-refractivity contribution in [1.82, 2.24) is 19.3 Å². The van der Waals surface area contributed by atoms with Crippen molar-refractivity contribution in [3.8, 4) is 0 Å². The molecule has 11 heteroatoms. The molecule has 0 saturated carbocycles. The summed E-state index contributed by atoms with van der Waals surface area (Å²) in [5, 5.41) is 8.64. The van der Waals surface area contributed by atoms with Crippen LogP contribution in [0.1, 0.15) is 6.92 Å². The minimum absolute atomic E-state index is 0.0129. The molecule has 0 fully saturated rings. The molecule has 2 aromatic heterocycles. The molecular formula is C11H12N4O6S. The fourth-order valence-corrected chi connectivity index (χ4v) is 2.88. The van der Waals surface area contributed by atoms with Gasteiger partial charge >= 0.3 is 11.7 Å². The lowest BCUT2D eigenvalue weighted by Crippen LogP contribution is -2.38. The highest BCUT2D eigenvalue weighted by atomic mass is 32.2. The molecular weight excluding hydrogens is 316 g/mol. The van der Waals surface area contributed by atoms with Gasteiger partial charge in [-0.3, -0.25) is 19.1 Å². The Labute approximate surface area is 123 Å². The van der Waals surface area contributed by atoms with Crippen LogP contribution in [0.5, 0.6) is 0 Å². The number of aryl methyl sites for hydroxylation is 1. The molecule has 0 bridgehead atoms. The lowest BCUT2D eigenvalue weighted by Gasteiger charge is -2.10. The second kappa shape index (κ2) is 5.35. The van der Waals surface area contributed by atoms with Gasteiger partial charge in [-0.2, -0.15) is 4.72 Å². The van der Waals surface area contributed by atoms with E-state index in [1.165, 1.54) is 7.05 Å². The molecule has 3 N–H and O–H groups in total. The number of nitrogens with zero attached hydrogens (tertiary/aromatic N) is 2. The van der Waals surface area contributed by atoms with Crippen molar-refractivity contribution in [2.45, 2.75) is 17.9 Å². The standard InChI is InChI=1S/C11H12N4O6S/c1-5(10(17)18)14-22(20,21)6-3-7-8(12-4-6)15(2)11(19)13-9(7)16/h3-5,14H,1-2H3,(H,17,18)(H,13,16,19)/t5-/m1/s1. The van der Waals surface area contributed by atoms with Gasteiger partial charge in [0.1, 0.15) is 16.6 Å². The fraction of sp³-hybridized carbons (Fsp3) is 0.273. The summed E-state index contributed by atoms with van der Waals surface area (Å²) >= 11 is 0. The number of aliphatic carboxylic acids is 1. The number of sulfonamides is 1. The number of aromatic amines is 1. The molecule has 0 aromatic carbocycles. The molecule has 0 aliphatic carbocycles. The van der Waals surface area contributed by atoms with Gasteiger partial charge in [0.25, 0.3) is 5.56 Å². The summed E-state index contributed by atoms with van der Waals surface area (Å²) in [7, 11) is -2.80. The van der Waals surface area contributed by atoms with Gasteiger partial charge in [0.2, 0.25) is 10.0 Å². The number of carbonyl (C=O) groups is 1. The maximum Gasteiger partial charge on any atom is 0.329 e. The SMILES string of the molecule is C[C@@H](NS(=O)(=O)c1cnc2c(c1)c(=O)[nH]c(=O)n2C)C(=O)O. The van der Waals surface area contributed by atoms with E-state index in [1.54, 1.807) is 0 Å². The molecule has 0 spiro atoms. The molecule has 1 atom stereocenters. The smallest absolute Gasteiger partial charge is 0.329 e. The summed E-state index contributed by atoms with van der Waals surface area (Å²) in [6.07, 6.45) is 0.943. The van der Waals surface area contributed by atoms with Gasteiger partial charge in [0, 0.05) is 13.2 Å². The molecule has 0 amide bonds. The molecule has 22 heavy (non-hydrogen) atoms. The summed E-state index contributed by atoms with van der Waals surface area (Å²) in [5.74, 6) is -1.35. The van der Waals surface area contributed by atoms with Crippen molar-refractivity contribution in [2.75, 3.05) is 0 Å². The molecule has 0 unspecified atom stereocenters. The molecule has 0 aliphatic rings. The minimum Gasteiger partial charge on any atom is -0.480 e. The van der Waals surface area contributed by atoms with Crippen LogP contribution in [0.25, 0.3) is 11.0 Å². The average molecular weight is 328 g/mol. The number of fused-ring (bicyclic) bond motifs is 1. The summed E-state index contributed by atoms with van der Waals surface area (Å²) < 4.78 is 27.1. The monoisotopic (exact) mass is 328 g/mol. The first-order valence-electron chi connectivity index (χ1n) is 5.97. The molecule has 0 saturated heterocycles. The molecule has 2 heterocycles. The lowest BCUT2D eigenvalue weighted by atomic mass is 10.3. The summed E-state index contributed by atoms with van der Waals surface area (Å²) in [5.41, 5.74) is -1.45. The van der Waals surface area contributed by atoms with E-state index in [0.29, 0.717) is 0 Å². The number of nitrogens with one attached hydrogen (secondary N) is 2. The van der Waals surface area contributed by atoms with Crippen molar-refractivity contribution < 1.29 is 18.3 Å². The van der Waals surface area contributed by atoms with Crippen molar-refractivity contribution in [1.29, 1.82) is 0 Å². The third-order valence-electron chi connectivity index (χ3n) is 2.94. The lowest BCUT2D eigenvalue weighted by molar-refractivity contribution is -0.138. The van der Waals surface area contributed by atoms with E-state index < -0.39 is 33.3 Å². The molecule has 0 radical (unpaired) electrons. The van der Waals surface area contributed by atoms with Crippen LogP contribution < -0.4 is 16.0 Å². The quantitative estimate of drug-likeness (QED) is 0.609. The summed E-state index contributed by atoms with van der Waals surface area (Å²) in [4.78, 5) is 39.3. The number of carboxylic acids is 1. The Morgan fingerprint density at radius 1 is 1.45 bits per heavy atom. The number of aromatic nitrogens is 3. The largest absolute Gasteiger partial charge is 0.480 e. The minimum atomic E-state index is -4.17. The Hall–Kier alpha value is -2.53. The highest BCUT2D eigenvalue weighted by Gasteiger charge is 2.22. The predicted octanol–water partition coefficient (Wildman–Crippen LogP) is -1.63. The molecule has 2 rings (SSSR count). The van der Waals surface area contributed by atoms with E-state index in [-0.39, 0.29) is 15.9 Å². The van der Waals surface area contributed by atoms with Crippen LogP contribution in [-0.4, -0.2) is 40.1 Å². The van der Waals surface area contributed by atoms with E-state index in [2.05, 4.69) is 4.98 Å². The highest BCUT2D eigenvalue weighted by Crippen LogP contribution is 2.12. The van der Waals surface area contributed by atoms with E-state index in [9.17, 15) is 22.8 Å². The number of H-pyrrole nitrogens is 1. The Morgan fingerprint density at radius 3 is 2.68 bits per heavy atom. The number of carboxylic acid groups (broad SMARTS) is 1. The molecule has 0 aliphatic heterocycles. The second-order valence-corrected chi connectivity index (χ2v) is 6.26. The average Bonchev–Trinajstić information content (AvgIpc) is 2.43. The van der Waals surface area contributed by atoms with Gasteiger partial charge in [-0.25, -0.2) is 18.2 Å². The number of hydrogen-bond acceptors (Lipinski definition) is 6. The number of pyridine rings is 1. The Bertz CT molecular complexity index is 974. The van der Waals surface area contributed by atoms with Crippen molar-refractivity contribution >= 4 is 27.0 Å². The zero-order valence-corrected chi connectivity index (χ0v) is 12.3. The molecule has 2 aromatic rings. The van der Waals surface area contributed by atoms with Crippen molar-refractivity contribution in [2.24, 2.45) is 7.05 Å². The van der Waals surface area contributed by atoms with Crippen LogP contribution in [0, 0.1) is 0 Å². The Balaban J connectivity index is 2.62. The van der Waals surface area contributed by atoms with Gasteiger partial charge in [-0.1, -0.05) is 0 Å². The van der Waals surface area contributed by atoms with Crippen LogP contribution >= 0.6 is 0 Å². The zero-order valence-electron chi connectivity index (χ0n) is 11.5. The van der Waals surface area contributed by atoms with Crippen molar-refractivity contribution in [3.63, 3.8) is 0 Å². The normalized spacial score (nSPS) is 13.2. The summed E-state index contributed by atoms with van der Waals surface area (Å²) in [6, 6.07) is -0.323. The first kappa shape index (κ1) is 15.9. The second-order valence-electron chi connectivity index (χ2n) is 4.54. The van der Waals surface area contributed by atoms with Crippen LogP contribution in [0.3, 0.4) is 0 Å².